The molecule has 0 spiro atoms. The minimum Gasteiger partial charge on any atom is -0.481 e. The molecule has 1 amide bonds. The maximum atomic E-state index is 11.0. The lowest BCUT2D eigenvalue weighted by Gasteiger charge is -2.11. The Hall–Kier alpha value is -2.77. The van der Waals surface area contributed by atoms with Crippen molar-refractivity contribution >= 4 is 11.6 Å². The zero-order valence-corrected chi connectivity index (χ0v) is 13.8. The summed E-state index contributed by atoms with van der Waals surface area (Å²) >= 11 is 0. The summed E-state index contributed by atoms with van der Waals surface area (Å²) in [6.45, 7) is 3.36. The molecule has 0 aliphatic heterocycles. The van der Waals surface area contributed by atoms with Crippen LogP contribution in [0.2, 0.25) is 0 Å². The number of rotatable bonds is 8. The molecule has 2 N–H and O–H groups in total. The largest absolute Gasteiger partial charge is 0.481 e. The first-order valence-electron chi connectivity index (χ1n) is 7.90. The van der Waals surface area contributed by atoms with Crippen molar-refractivity contribution in [1.29, 1.82) is 0 Å². The number of carbonyl (C=O) groups is 1. The number of terminal acetylenes is 1. The van der Waals surface area contributed by atoms with Gasteiger partial charge in [0.1, 0.15) is 12.4 Å². The van der Waals surface area contributed by atoms with Gasteiger partial charge in [-0.3, -0.25) is 4.79 Å². The topological polar surface area (TPSA) is 50.4 Å². The first-order valence-corrected chi connectivity index (χ1v) is 7.90. The Labute approximate surface area is 143 Å². The van der Waals surface area contributed by atoms with Gasteiger partial charge in [0.2, 0.25) is 5.91 Å². The number of benzene rings is 2. The molecule has 4 nitrogen and oxygen atoms in total. The van der Waals surface area contributed by atoms with Gasteiger partial charge in [0.15, 0.2) is 0 Å². The molecule has 24 heavy (non-hydrogen) atoms. The highest BCUT2D eigenvalue weighted by Gasteiger charge is 2.02. The highest BCUT2D eigenvalue weighted by molar-refractivity contribution is 5.88. The Bertz CT molecular complexity index is 702. The van der Waals surface area contributed by atoms with Crippen molar-refractivity contribution in [3.63, 3.8) is 0 Å². The van der Waals surface area contributed by atoms with Crippen molar-refractivity contribution < 1.29 is 9.53 Å². The molecule has 0 aliphatic carbocycles. The predicted molar refractivity (Wildman–Crippen MR) is 96.9 cm³/mol. The van der Waals surface area contributed by atoms with E-state index < -0.39 is 0 Å². The van der Waals surface area contributed by atoms with Crippen molar-refractivity contribution in [2.24, 2.45) is 0 Å². The van der Waals surface area contributed by atoms with Crippen molar-refractivity contribution in [3.05, 3.63) is 59.7 Å². The van der Waals surface area contributed by atoms with Crippen LogP contribution in [0.3, 0.4) is 0 Å². The second kappa shape index (κ2) is 9.39. The van der Waals surface area contributed by atoms with Crippen LogP contribution in [0.25, 0.3) is 0 Å². The van der Waals surface area contributed by atoms with Crippen LogP contribution in [-0.4, -0.2) is 19.1 Å². The zero-order chi connectivity index (χ0) is 17.2. The van der Waals surface area contributed by atoms with Crippen molar-refractivity contribution in [2.75, 3.05) is 18.5 Å². The van der Waals surface area contributed by atoms with E-state index in [1.807, 2.05) is 48.5 Å². The molecule has 4 heteroatoms. The molecule has 0 aliphatic rings. The van der Waals surface area contributed by atoms with E-state index in [0.717, 1.165) is 36.5 Å². The molecule has 0 radical (unpaired) electrons. The summed E-state index contributed by atoms with van der Waals surface area (Å²) in [4.78, 5) is 11.0. The number of anilines is 1. The number of hydrogen-bond donors (Lipinski definition) is 2. The van der Waals surface area contributed by atoms with Gasteiger partial charge >= 0.3 is 0 Å². The second-order valence-electron chi connectivity index (χ2n) is 5.41. The quantitative estimate of drug-likeness (QED) is 0.580. The molecule has 124 valence electrons. The fraction of sp³-hybridized carbons (Fsp3) is 0.250. The number of hydrogen-bond acceptors (Lipinski definition) is 3. The Morgan fingerprint density at radius 1 is 1.17 bits per heavy atom. The average molecular weight is 322 g/mol. The molecule has 2 aromatic rings. The summed E-state index contributed by atoms with van der Waals surface area (Å²) < 4.78 is 5.54. The number of amides is 1. The van der Waals surface area contributed by atoms with Gasteiger partial charge in [-0.1, -0.05) is 36.3 Å². The monoisotopic (exact) mass is 322 g/mol. The van der Waals surface area contributed by atoms with Crippen molar-refractivity contribution in [3.8, 4) is 18.1 Å². The van der Waals surface area contributed by atoms with Gasteiger partial charge in [-0.05, 0) is 36.7 Å². The van der Waals surface area contributed by atoms with Crippen LogP contribution in [0.5, 0.6) is 5.75 Å². The SMILES string of the molecule is C#CCOc1ccccc1CNCCc1ccc(NC(C)=O)cc1. The summed E-state index contributed by atoms with van der Waals surface area (Å²) in [6.07, 6.45) is 6.15. The smallest absolute Gasteiger partial charge is 0.221 e. The predicted octanol–water partition coefficient (Wildman–Crippen LogP) is 2.99. The van der Waals surface area contributed by atoms with Gasteiger partial charge in [0.05, 0.1) is 0 Å². The van der Waals surface area contributed by atoms with Crippen molar-refractivity contribution in [1.82, 2.24) is 5.32 Å². The lowest BCUT2D eigenvalue weighted by atomic mass is 10.1. The minimum atomic E-state index is -0.0601. The van der Waals surface area contributed by atoms with E-state index in [9.17, 15) is 4.79 Å². The third-order valence-corrected chi connectivity index (χ3v) is 3.46. The number of ether oxygens (including phenoxy) is 1. The first-order chi connectivity index (χ1) is 11.7. The van der Waals surface area contributed by atoms with E-state index in [1.54, 1.807) is 0 Å². The first kappa shape index (κ1) is 17.6. The summed E-state index contributed by atoms with van der Waals surface area (Å²) in [5.74, 6) is 3.24. The van der Waals surface area contributed by atoms with Crippen LogP contribution in [0.4, 0.5) is 5.69 Å². The van der Waals surface area contributed by atoms with Crippen LogP contribution < -0.4 is 15.4 Å². The highest BCUT2D eigenvalue weighted by atomic mass is 16.5. The fourth-order valence-electron chi connectivity index (χ4n) is 2.32. The van der Waals surface area contributed by atoms with Crippen LogP contribution >= 0.6 is 0 Å². The average Bonchev–Trinajstić information content (AvgIpc) is 2.58. The summed E-state index contributed by atoms with van der Waals surface area (Å²) in [5, 5.41) is 6.17. The normalized spacial score (nSPS) is 10.0. The Kier molecular flexibility index (Phi) is 6.88. The second-order valence-corrected chi connectivity index (χ2v) is 5.41. The van der Waals surface area contributed by atoms with Gasteiger partial charge in [-0.25, -0.2) is 0 Å². The van der Waals surface area contributed by atoms with E-state index in [0.29, 0.717) is 0 Å². The molecule has 0 atom stereocenters. The van der Waals surface area contributed by atoms with E-state index in [2.05, 4.69) is 16.6 Å². The molecule has 2 rings (SSSR count). The summed E-state index contributed by atoms with van der Waals surface area (Å²) in [5.41, 5.74) is 3.13. The summed E-state index contributed by atoms with van der Waals surface area (Å²) in [6, 6.07) is 15.8. The molecule has 0 heterocycles. The molecular formula is C20H22N2O2. The van der Waals surface area contributed by atoms with Crippen LogP contribution in [-0.2, 0) is 17.8 Å². The molecule has 0 fully saturated rings. The van der Waals surface area contributed by atoms with Crippen LogP contribution in [0, 0.1) is 12.3 Å². The molecule has 0 saturated carbocycles. The van der Waals surface area contributed by atoms with Gasteiger partial charge in [0, 0.05) is 24.7 Å². The lowest BCUT2D eigenvalue weighted by molar-refractivity contribution is -0.114. The molecule has 0 unspecified atom stereocenters. The van der Waals surface area contributed by atoms with E-state index >= 15 is 0 Å². The molecule has 2 aromatic carbocycles. The zero-order valence-electron chi connectivity index (χ0n) is 13.8. The third kappa shape index (κ3) is 5.79. The maximum absolute atomic E-state index is 11.0. The van der Waals surface area contributed by atoms with Gasteiger partial charge < -0.3 is 15.4 Å². The highest BCUT2D eigenvalue weighted by Crippen LogP contribution is 2.17. The molecule has 0 aromatic heterocycles. The summed E-state index contributed by atoms with van der Waals surface area (Å²) in [7, 11) is 0. The number of para-hydroxylation sites is 1. The third-order valence-electron chi connectivity index (χ3n) is 3.46. The van der Waals surface area contributed by atoms with Crippen molar-refractivity contribution in [2.45, 2.75) is 19.9 Å². The minimum absolute atomic E-state index is 0.0601. The van der Waals surface area contributed by atoms with Crippen LogP contribution in [0.15, 0.2) is 48.5 Å². The Morgan fingerprint density at radius 2 is 1.92 bits per heavy atom. The number of nitrogens with one attached hydrogen (secondary N) is 2. The van der Waals surface area contributed by atoms with Gasteiger partial charge in [-0.15, -0.1) is 6.42 Å². The standard InChI is InChI=1S/C20H22N2O2/c1-3-14-24-20-7-5-4-6-18(20)15-21-13-12-17-8-10-19(11-9-17)22-16(2)23/h1,4-11,21H,12-15H2,2H3,(H,22,23). The van der Waals surface area contributed by atoms with Gasteiger partial charge in [-0.2, -0.15) is 0 Å². The molecule has 0 saturated heterocycles. The molecule has 0 bridgehead atoms. The van der Waals surface area contributed by atoms with E-state index in [-0.39, 0.29) is 12.5 Å². The lowest BCUT2D eigenvalue weighted by Crippen LogP contribution is -2.17. The Balaban J connectivity index is 1.79. The van der Waals surface area contributed by atoms with E-state index in [4.69, 9.17) is 11.2 Å². The van der Waals surface area contributed by atoms with E-state index in [1.165, 1.54) is 12.5 Å². The fourth-order valence-corrected chi connectivity index (χ4v) is 2.32. The van der Waals surface area contributed by atoms with Gasteiger partial charge in [0.25, 0.3) is 0 Å². The number of carbonyl (C=O) groups excluding carboxylic acids is 1. The Morgan fingerprint density at radius 3 is 2.62 bits per heavy atom. The van der Waals surface area contributed by atoms with Crippen LogP contribution in [0.1, 0.15) is 18.1 Å². The molecular weight excluding hydrogens is 300 g/mol. The maximum Gasteiger partial charge on any atom is 0.221 e.